The highest BCUT2D eigenvalue weighted by atomic mass is 35.5. The molecular weight excluding hydrogens is 260 g/mol. The number of anilines is 1. The molecule has 4 nitrogen and oxygen atoms in total. The normalized spacial score (nSPS) is 11.1. The van der Waals surface area contributed by atoms with E-state index in [-0.39, 0.29) is 0 Å². The van der Waals surface area contributed by atoms with E-state index in [0.29, 0.717) is 10.7 Å². The van der Waals surface area contributed by atoms with Crippen LogP contribution in [0.15, 0.2) is 30.5 Å². The number of fused-ring (bicyclic) bond motifs is 1. The van der Waals surface area contributed by atoms with Gasteiger partial charge in [-0.3, -0.25) is 4.98 Å². The Bertz CT molecular complexity index is 776. The number of benzene rings is 1. The minimum Gasteiger partial charge on any atom is -0.399 e. The summed E-state index contributed by atoms with van der Waals surface area (Å²) in [6.45, 7) is 3.85. The average molecular weight is 273 g/mol. The fourth-order valence-corrected chi connectivity index (χ4v) is 2.31. The van der Waals surface area contributed by atoms with E-state index < -0.39 is 0 Å². The van der Waals surface area contributed by atoms with Gasteiger partial charge in [0, 0.05) is 17.3 Å². The first-order valence-electron chi connectivity index (χ1n) is 5.94. The molecule has 0 aliphatic carbocycles. The van der Waals surface area contributed by atoms with E-state index in [1.807, 2.05) is 42.8 Å². The van der Waals surface area contributed by atoms with Gasteiger partial charge in [0.25, 0.3) is 0 Å². The summed E-state index contributed by atoms with van der Waals surface area (Å²) in [5.74, 6) is 0. The van der Waals surface area contributed by atoms with Gasteiger partial charge in [-0.2, -0.15) is 5.10 Å². The third kappa shape index (κ3) is 1.85. The molecule has 0 spiro atoms. The molecule has 3 aromatic rings. The smallest absolute Gasteiger partial charge is 0.0848 e. The summed E-state index contributed by atoms with van der Waals surface area (Å²) in [6, 6.07) is 7.60. The molecule has 0 amide bonds. The van der Waals surface area contributed by atoms with Crippen molar-refractivity contribution in [2.45, 2.75) is 13.8 Å². The van der Waals surface area contributed by atoms with Crippen LogP contribution in [-0.4, -0.2) is 14.8 Å². The summed E-state index contributed by atoms with van der Waals surface area (Å²) in [6.07, 6.45) is 1.75. The molecule has 96 valence electrons. The summed E-state index contributed by atoms with van der Waals surface area (Å²) in [7, 11) is 0. The van der Waals surface area contributed by atoms with Gasteiger partial charge in [-0.15, -0.1) is 0 Å². The molecule has 2 aromatic heterocycles. The largest absolute Gasteiger partial charge is 0.399 e. The van der Waals surface area contributed by atoms with Gasteiger partial charge < -0.3 is 5.73 Å². The van der Waals surface area contributed by atoms with Crippen molar-refractivity contribution in [3.05, 3.63) is 46.9 Å². The number of aromatic nitrogens is 3. The number of aryl methyl sites for hydroxylation is 1. The Morgan fingerprint density at radius 3 is 2.68 bits per heavy atom. The van der Waals surface area contributed by atoms with Crippen LogP contribution in [0.4, 0.5) is 5.69 Å². The molecule has 0 fully saturated rings. The van der Waals surface area contributed by atoms with Crippen molar-refractivity contribution in [3.8, 4) is 5.69 Å². The number of nitrogen functional groups attached to an aromatic ring is 1. The van der Waals surface area contributed by atoms with E-state index >= 15 is 0 Å². The molecule has 0 radical (unpaired) electrons. The molecule has 1 aromatic carbocycles. The lowest BCUT2D eigenvalue weighted by Gasteiger charge is -2.08. The van der Waals surface area contributed by atoms with Crippen molar-refractivity contribution in [2.24, 2.45) is 0 Å². The van der Waals surface area contributed by atoms with Gasteiger partial charge >= 0.3 is 0 Å². The van der Waals surface area contributed by atoms with E-state index in [2.05, 4.69) is 10.1 Å². The Morgan fingerprint density at radius 1 is 1.21 bits per heavy atom. The van der Waals surface area contributed by atoms with E-state index in [0.717, 1.165) is 28.0 Å². The zero-order chi connectivity index (χ0) is 13.6. The number of hydrogen-bond acceptors (Lipinski definition) is 3. The quantitative estimate of drug-likeness (QED) is 0.692. The summed E-state index contributed by atoms with van der Waals surface area (Å²) in [4.78, 5) is 4.33. The number of nitrogens with zero attached hydrogens (tertiary/aromatic N) is 3. The predicted molar refractivity (Wildman–Crippen MR) is 77.8 cm³/mol. The van der Waals surface area contributed by atoms with Crippen molar-refractivity contribution in [1.29, 1.82) is 0 Å². The van der Waals surface area contributed by atoms with Crippen LogP contribution in [0.25, 0.3) is 16.6 Å². The van der Waals surface area contributed by atoms with Gasteiger partial charge in [0.2, 0.25) is 0 Å². The molecule has 0 saturated heterocycles. The highest BCUT2D eigenvalue weighted by Crippen LogP contribution is 2.27. The first kappa shape index (κ1) is 12.0. The van der Waals surface area contributed by atoms with Gasteiger partial charge in [-0.05, 0) is 38.1 Å². The molecule has 5 heteroatoms. The number of halogens is 1. The van der Waals surface area contributed by atoms with E-state index in [9.17, 15) is 0 Å². The van der Waals surface area contributed by atoms with Gasteiger partial charge in [-0.25, -0.2) is 4.68 Å². The first-order valence-corrected chi connectivity index (χ1v) is 6.32. The first-order chi connectivity index (χ1) is 9.08. The van der Waals surface area contributed by atoms with Crippen LogP contribution in [-0.2, 0) is 0 Å². The van der Waals surface area contributed by atoms with Crippen molar-refractivity contribution in [3.63, 3.8) is 0 Å². The highest BCUT2D eigenvalue weighted by Gasteiger charge is 2.13. The van der Waals surface area contributed by atoms with Crippen LogP contribution in [0.3, 0.4) is 0 Å². The molecule has 19 heavy (non-hydrogen) atoms. The lowest BCUT2D eigenvalue weighted by molar-refractivity contribution is 0.838. The molecule has 2 N–H and O–H groups in total. The van der Waals surface area contributed by atoms with Crippen molar-refractivity contribution >= 4 is 28.2 Å². The molecule has 2 heterocycles. The summed E-state index contributed by atoms with van der Waals surface area (Å²) >= 11 is 6.21. The zero-order valence-electron chi connectivity index (χ0n) is 10.7. The van der Waals surface area contributed by atoms with Crippen LogP contribution < -0.4 is 5.73 Å². The average Bonchev–Trinajstić information content (AvgIpc) is 2.65. The summed E-state index contributed by atoms with van der Waals surface area (Å²) < 4.78 is 1.85. The molecule has 3 rings (SSSR count). The van der Waals surface area contributed by atoms with E-state index in [1.54, 1.807) is 6.20 Å². The standard InChI is InChI=1S/C14H13ClN4/c1-8-14(15)9(2)19(18-8)13-5-6-17-12-7-10(16)3-4-11(12)13/h3-7H,16H2,1-2H3. The maximum Gasteiger partial charge on any atom is 0.0848 e. The number of nitrogens with two attached hydrogens (primary N) is 1. The second kappa shape index (κ2) is 4.24. The third-order valence-corrected chi connectivity index (χ3v) is 3.72. The van der Waals surface area contributed by atoms with Gasteiger partial charge in [0.1, 0.15) is 0 Å². The van der Waals surface area contributed by atoms with Crippen LogP contribution in [0, 0.1) is 13.8 Å². The maximum atomic E-state index is 6.21. The summed E-state index contributed by atoms with van der Waals surface area (Å²) in [5.41, 5.74) is 10.0. The van der Waals surface area contributed by atoms with Gasteiger partial charge in [-0.1, -0.05) is 11.6 Å². The lowest BCUT2D eigenvalue weighted by atomic mass is 10.1. The van der Waals surface area contributed by atoms with E-state index in [1.165, 1.54) is 0 Å². The maximum absolute atomic E-state index is 6.21. The molecular formula is C14H13ClN4. The number of hydrogen-bond donors (Lipinski definition) is 1. The van der Waals surface area contributed by atoms with Crippen molar-refractivity contribution < 1.29 is 0 Å². The van der Waals surface area contributed by atoms with Crippen molar-refractivity contribution in [1.82, 2.24) is 14.8 Å². The topological polar surface area (TPSA) is 56.7 Å². The molecule has 0 aliphatic rings. The minimum atomic E-state index is 0.695. The van der Waals surface area contributed by atoms with Gasteiger partial charge in [0.15, 0.2) is 0 Å². The Kier molecular flexibility index (Phi) is 2.68. The molecule has 0 unspecified atom stereocenters. The van der Waals surface area contributed by atoms with Crippen LogP contribution in [0.1, 0.15) is 11.4 Å². The van der Waals surface area contributed by atoms with Crippen molar-refractivity contribution in [2.75, 3.05) is 5.73 Å². The summed E-state index contributed by atoms with van der Waals surface area (Å²) in [5, 5.41) is 6.17. The van der Waals surface area contributed by atoms with Crippen LogP contribution >= 0.6 is 11.6 Å². The Balaban J connectivity index is 2.33. The second-order valence-electron chi connectivity index (χ2n) is 4.50. The fourth-order valence-electron chi connectivity index (χ4n) is 2.19. The number of rotatable bonds is 1. The highest BCUT2D eigenvalue weighted by molar-refractivity contribution is 6.31. The zero-order valence-corrected chi connectivity index (χ0v) is 11.4. The lowest BCUT2D eigenvalue weighted by Crippen LogP contribution is -2.01. The molecule has 0 aliphatic heterocycles. The number of pyridine rings is 1. The fraction of sp³-hybridized carbons (Fsp3) is 0.143. The Hall–Kier alpha value is -2.07. The monoisotopic (exact) mass is 272 g/mol. The molecule has 0 atom stereocenters. The van der Waals surface area contributed by atoms with Crippen LogP contribution in [0.5, 0.6) is 0 Å². The SMILES string of the molecule is Cc1nn(-c2ccnc3cc(N)ccc23)c(C)c1Cl. The van der Waals surface area contributed by atoms with E-state index in [4.69, 9.17) is 17.3 Å². The minimum absolute atomic E-state index is 0.695. The third-order valence-electron chi connectivity index (χ3n) is 3.17. The second-order valence-corrected chi connectivity index (χ2v) is 4.88. The van der Waals surface area contributed by atoms with Gasteiger partial charge in [0.05, 0.1) is 27.6 Å². The predicted octanol–water partition coefficient (Wildman–Crippen LogP) is 3.27. The molecule has 0 bridgehead atoms. The Labute approximate surface area is 115 Å². The molecule has 0 saturated carbocycles. The Morgan fingerprint density at radius 2 is 2.00 bits per heavy atom. The van der Waals surface area contributed by atoms with Crippen LogP contribution in [0.2, 0.25) is 5.02 Å².